The molecule has 124 valence electrons. The molecule has 1 aliphatic heterocycles. The van der Waals surface area contributed by atoms with Gasteiger partial charge in [-0.1, -0.05) is 40.3 Å². The van der Waals surface area contributed by atoms with E-state index < -0.39 is 8.24 Å². The Kier molecular flexibility index (Phi) is 6.88. The van der Waals surface area contributed by atoms with E-state index in [1.165, 1.54) is 20.0 Å². The molecule has 0 aromatic carbocycles. The van der Waals surface area contributed by atoms with Crippen molar-refractivity contribution in [3.63, 3.8) is 0 Å². The first-order valence-electron chi connectivity index (χ1n) is 8.29. The molecule has 0 aliphatic carbocycles. The zero-order valence-electron chi connectivity index (χ0n) is 14.9. The first-order chi connectivity index (χ1) is 9.74. The predicted molar refractivity (Wildman–Crippen MR) is 91.1 cm³/mol. The van der Waals surface area contributed by atoms with Crippen LogP contribution in [0.3, 0.4) is 0 Å². The van der Waals surface area contributed by atoms with Crippen LogP contribution >= 0.6 is 0 Å². The Labute approximate surface area is 131 Å². The zero-order valence-corrected chi connectivity index (χ0v) is 15.9. The first-order valence-corrected chi connectivity index (χ1v) is 11.2. The van der Waals surface area contributed by atoms with Crippen molar-refractivity contribution in [2.45, 2.75) is 58.2 Å². The fraction of sp³-hybridized carbons (Fsp3) is 0.938. The average molecular weight is 315 g/mol. The highest BCUT2D eigenvalue weighted by Crippen LogP contribution is 2.43. The number of carbonyl (C=O) groups excluding carboxylic acids is 1. The minimum Gasteiger partial charge on any atom is -0.469 e. The smallest absolute Gasteiger partial charge is 0.306 e. The maximum Gasteiger partial charge on any atom is 0.306 e. The second-order valence-corrected chi connectivity index (χ2v) is 12.5. The van der Waals surface area contributed by atoms with Crippen LogP contribution < -0.4 is 0 Å². The Bertz CT molecular complexity index is 337. The molecule has 5 heteroatoms. The molecule has 1 saturated heterocycles. The highest BCUT2D eigenvalue weighted by molar-refractivity contribution is 6.77. The summed E-state index contributed by atoms with van der Waals surface area (Å²) in [4.78, 5) is 13.6. The van der Waals surface area contributed by atoms with Gasteiger partial charge >= 0.3 is 5.97 Å². The quantitative estimate of drug-likeness (QED) is 0.534. The molecule has 0 saturated carbocycles. The van der Waals surface area contributed by atoms with Gasteiger partial charge in [-0.05, 0) is 11.5 Å². The van der Waals surface area contributed by atoms with E-state index in [9.17, 15) is 4.79 Å². The van der Waals surface area contributed by atoms with Crippen LogP contribution in [0, 0.1) is 0 Å². The molecule has 1 fully saturated rings. The van der Waals surface area contributed by atoms with E-state index in [0.29, 0.717) is 11.5 Å². The number of hydrogen-bond acceptors (Lipinski definition) is 4. The molecule has 21 heavy (non-hydrogen) atoms. The number of hydrogen-bond donors (Lipinski definition) is 0. The Morgan fingerprint density at radius 1 is 1.19 bits per heavy atom. The average Bonchev–Trinajstić information content (AvgIpc) is 2.44. The predicted octanol–water partition coefficient (Wildman–Crippen LogP) is 2.95. The van der Waals surface area contributed by atoms with E-state index in [-0.39, 0.29) is 5.97 Å². The van der Waals surface area contributed by atoms with Crippen molar-refractivity contribution in [2.75, 3.05) is 39.8 Å². The third-order valence-corrected chi connectivity index (χ3v) is 11.1. The lowest BCUT2D eigenvalue weighted by Gasteiger charge is -2.50. The van der Waals surface area contributed by atoms with Crippen molar-refractivity contribution in [1.29, 1.82) is 0 Å². The van der Waals surface area contributed by atoms with Crippen LogP contribution in [0.1, 0.15) is 40.0 Å². The molecular formula is C16H34N2O2Si. The molecule has 1 rings (SSSR count). The minimum absolute atomic E-state index is 0.101. The minimum atomic E-state index is -1.42. The van der Waals surface area contributed by atoms with Gasteiger partial charge in [0.1, 0.15) is 8.24 Å². The molecule has 0 unspecified atom stereocenters. The number of rotatable bonds is 7. The molecular weight excluding hydrogens is 280 g/mol. The molecule has 0 spiro atoms. The van der Waals surface area contributed by atoms with Crippen LogP contribution in [0.15, 0.2) is 0 Å². The molecule has 0 aromatic rings. The second kappa shape index (κ2) is 7.74. The Balaban J connectivity index is 2.50. The highest BCUT2D eigenvalue weighted by Gasteiger charge is 2.44. The van der Waals surface area contributed by atoms with Crippen LogP contribution in [0.4, 0.5) is 0 Å². The number of methoxy groups -OCH3 is 1. The maximum atomic E-state index is 11.2. The summed E-state index contributed by atoms with van der Waals surface area (Å²) in [6, 6.07) is 0. The Morgan fingerprint density at radius 2 is 1.76 bits per heavy atom. The van der Waals surface area contributed by atoms with Crippen LogP contribution in [-0.4, -0.2) is 63.5 Å². The lowest BCUT2D eigenvalue weighted by Crippen LogP contribution is -2.61. The lowest BCUT2D eigenvalue weighted by atomic mass is 10.1. The fourth-order valence-corrected chi connectivity index (χ4v) is 6.28. The van der Waals surface area contributed by atoms with E-state index in [4.69, 9.17) is 4.74 Å². The number of esters is 1. The van der Waals surface area contributed by atoms with Gasteiger partial charge in [-0.3, -0.25) is 4.79 Å². The summed E-state index contributed by atoms with van der Waals surface area (Å²) < 4.78 is 7.48. The van der Waals surface area contributed by atoms with Crippen molar-refractivity contribution in [1.82, 2.24) is 9.47 Å². The van der Waals surface area contributed by atoms with Crippen molar-refractivity contribution < 1.29 is 9.53 Å². The maximum absolute atomic E-state index is 11.2. The largest absolute Gasteiger partial charge is 0.469 e. The van der Waals surface area contributed by atoms with E-state index in [0.717, 1.165) is 32.7 Å². The van der Waals surface area contributed by atoms with Crippen molar-refractivity contribution in [3.05, 3.63) is 0 Å². The summed E-state index contributed by atoms with van der Waals surface area (Å²) in [5, 5.41) is 0.454. The molecule has 0 aromatic heterocycles. The number of piperazine rings is 1. The van der Waals surface area contributed by atoms with Gasteiger partial charge in [0.2, 0.25) is 0 Å². The van der Waals surface area contributed by atoms with Crippen LogP contribution in [0.5, 0.6) is 0 Å². The summed E-state index contributed by atoms with van der Waals surface area (Å²) in [6.07, 6.45) is 3.09. The van der Waals surface area contributed by atoms with Crippen molar-refractivity contribution >= 4 is 14.2 Å². The molecule has 0 bridgehead atoms. The number of carbonyl (C=O) groups is 1. The van der Waals surface area contributed by atoms with Gasteiger partial charge in [0.15, 0.2) is 0 Å². The summed E-state index contributed by atoms with van der Waals surface area (Å²) in [5.41, 5.74) is 0. The third-order valence-electron chi connectivity index (χ3n) is 5.55. The van der Waals surface area contributed by atoms with Gasteiger partial charge < -0.3 is 14.2 Å². The van der Waals surface area contributed by atoms with Crippen molar-refractivity contribution in [3.8, 4) is 0 Å². The summed E-state index contributed by atoms with van der Waals surface area (Å²) >= 11 is 0. The van der Waals surface area contributed by atoms with Crippen LogP contribution in [0.2, 0.25) is 18.1 Å². The Hall–Kier alpha value is -0.393. The summed E-state index contributed by atoms with van der Waals surface area (Å²) in [7, 11) is 0.0452. The molecule has 1 heterocycles. The normalized spacial score (nSPS) is 18.8. The SMILES string of the molecule is CCCC(C)(C)[Si](C)(C)N1CCN(CCC(=O)OC)CC1. The molecule has 0 amide bonds. The molecule has 0 N–H and O–H groups in total. The van der Waals surface area contributed by atoms with Gasteiger partial charge in [-0.25, -0.2) is 0 Å². The van der Waals surface area contributed by atoms with Gasteiger partial charge in [-0.15, -0.1) is 0 Å². The summed E-state index contributed by atoms with van der Waals surface area (Å²) in [6.45, 7) is 17.5. The van der Waals surface area contributed by atoms with Crippen LogP contribution in [-0.2, 0) is 9.53 Å². The second-order valence-electron chi connectivity index (χ2n) is 7.35. The molecule has 1 aliphatic rings. The molecule has 0 atom stereocenters. The topological polar surface area (TPSA) is 32.8 Å². The highest BCUT2D eigenvalue weighted by atomic mass is 28.3. The standard InChI is InChI=1S/C16H34N2O2Si/c1-7-9-16(2,3)21(5,6)18-13-11-17(12-14-18)10-8-15(19)20-4/h7-14H2,1-6H3. The third kappa shape index (κ3) is 4.79. The molecule has 0 radical (unpaired) electrons. The number of nitrogens with zero attached hydrogens (tertiary/aromatic N) is 2. The van der Waals surface area contributed by atoms with E-state index in [1.807, 2.05) is 0 Å². The fourth-order valence-electron chi connectivity index (χ4n) is 3.24. The van der Waals surface area contributed by atoms with Gasteiger partial charge in [0, 0.05) is 32.7 Å². The lowest BCUT2D eigenvalue weighted by molar-refractivity contribution is -0.141. The van der Waals surface area contributed by atoms with E-state index in [2.05, 4.69) is 43.3 Å². The molecule has 4 nitrogen and oxygen atoms in total. The Morgan fingerprint density at radius 3 is 2.24 bits per heavy atom. The summed E-state index contributed by atoms with van der Waals surface area (Å²) in [5.74, 6) is -0.101. The van der Waals surface area contributed by atoms with E-state index >= 15 is 0 Å². The van der Waals surface area contributed by atoms with Crippen molar-refractivity contribution in [2.24, 2.45) is 0 Å². The van der Waals surface area contributed by atoms with Gasteiger partial charge in [0.05, 0.1) is 13.5 Å². The van der Waals surface area contributed by atoms with Gasteiger partial charge in [0.25, 0.3) is 0 Å². The zero-order chi connectivity index (χ0) is 16.1. The van der Waals surface area contributed by atoms with E-state index in [1.54, 1.807) is 0 Å². The first kappa shape index (κ1) is 18.7. The van der Waals surface area contributed by atoms with Gasteiger partial charge in [-0.2, -0.15) is 0 Å². The monoisotopic (exact) mass is 314 g/mol. The number of ether oxygens (including phenoxy) is 1. The van der Waals surface area contributed by atoms with Crippen LogP contribution in [0.25, 0.3) is 0 Å².